The van der Waals surface area contributed by atoms with Gasteiger partial charge in [0.2, 0.25) is 5.88 Å². The third-order valence-electron chi connectivity index (χ3n) is 1.98. The first-order valence-corrected chi connectivity index (χ1v) is 5.89. The Hall–Kier alpha value is -1.95. The number of rotatable bonds is 4. The number of primary amides is 1. The summed E-state index contributed by atoms with van der Waals surface area (Å²) in [5.74, 6) is -0.251. The number of carbonyl (C=O) groups is 1. The van der Waals surface area contributed by atoms with Gasteiger partial charge < -0.3 is 10.5 Å². The highest BCUT2D eigenvalue weighted by atomic mass is 32.1. The lowest BCUT2D eigenvalue weighted by molar-refractivity contribution is 0.100. The third kappa shape index (κ3) is 2.42. The van der Waals surface area contributed by atoms with Gasteiger partial charge in [-0.2, -0.15) is 4.98 Å². The molecule has 0 aliphatic heterocycles. The SMILES string of the molecule is CCOc1nc(-c2ccccn2)sc1C(N)=O. The van der Waals surface area contributed by atoms with E-state index < -0.39 is 5.91 Å². The summed E-state index contributed by atoms with van der Waals surface area (Å²) in [6.07, 6.45) is 1.67. The molecule has 0 aliphatic rings. The van der Waals surface area contributed by atoms with Gasteiger partial charge in [-0.3, -0.25) is 9.78 Å². The fraction of sp³-hybridized carbons (Fsp3) is 0.182. The Bertz CT molecular complexity index is 525. The highest BCUT2D eigenvalue weighted by Gasteiger charge is 2.18. The molecule has 2 aromatic heterocycles. The highest BCUT2D eigenvalue weighted by Crippen LogP contribution is 2.30. The van der Waals surface area contributed by atoms with Crippen LogP contribution in [0.2, 0.25) is 0 Å². The van der Waals surface area contributed by atoms with Gasteiger partial charge in [0.25, 0.3) is 5.91 Å². The molecule has 0 fully saturated rings. The Morgan fingerprint density at radius 1 is 1.53 bits per heavy atom. The van der Waals surface area contributed by atoms with Gasteiger partial charge in [0.15, 0.2) is 4.88 Å². The van der Waals surface area contributed by atoms with Crippen LogP contribution in [0.5, 0.6) is 5.88 Å². The van der Waals surface area contributed by atoms with Gasteiger partial charge in [0, 0.05) is 6.20 Å². The van der Waals surface area contributed by atoms with Crippen LogP contribution in [0.15, 0.2) is 24.4 Å². The van der Waals surface area contributed by atoms with E-state index in [0.29, 0.717) is 22.2 Å². The molecule has 5 nitrogen and oxygen atoms in total. The summed E-state index contributed by atoms with van der Waals surface area (Å²) in [5, 5.41) is 0.628. The number of amides is 1. The van der Waals surface area contributed by atoms with Crippen molar-refractivity contribution in [3.8, 4) is 16.6 Å². The van der Waals surface area contributed by atoms with Crippen molar-refractivity contribution >= 4 is 17.2 Å². The van der Waals surface area contributed by atoms with Crippen molar-refractivity contribution in [3.05, 3.63) is 29.3 Å². The summed E-state index contributed by atoms with van der Waals surface area (Å²) in [5.41, 5.74) is 5.97. The van der Waals surface area contributed by atoms with E-state index >= 15 is 0 Å². The summed E-state index contributed by atoms with van der Waals surface area (Å²) in [7, 11) is 0. The van der Waals surface area contributed by atoms with E-state index in [-0.39, 0.29) is 5.88 Å². The minimum Gasteiger partial charge on any atom is -0.477 e. The predicted octanol–water partition coefficient (Wildman–Crippen LogP) is 1.70. The molecule has 2 heterocycles. The molecule has 17 heavy (non-hydrogen) atoms. The van der Waals surface area contributed by atoms with Crippen molar-refractivity contribution in [1.29, 1.82) is 0 Å². The zero-order chi connectivity index (χ0) is 12.3. The monoisotopic (exact) mass is 249 g/mol. The average molecular weight is 249 g/mol. The van der Waals surface area contributed by atoms with Crippen molar-refractivity contribution in [2.45, 2.75) is 6.92 Å². The fourth-order valence-corrected chi connectivity index (χ4v) is 2.13. The van der Waals surface area contributed by atoms with Gasteiger partial charge in [0.05, 0.1) is 12.3 Å². The molecular formula is C11H11N3O2S. The molecule has 0 saturated heterocycles. The van der Waals surface area contributed by atoms with Gasteiger partial charge in [-0.25, -0.2) is 0 Å². The molecule has 0 radical (unpaired) electrons. The van der Waals surface area contributed by atoms with Crippen LogP contribution in [0.3, 0.4) is 0 Å². The average Bonchev–Trinajstić information content (AvgIpc) is 2.75. The third-order valence-corrected chi connectivity index (χ3v) is 3.06. The molecular weight excluding hydrogens is 238 g/mol. The number of nitrogens with zero attached hydrogens (tertiary/aromatic N) is 2. The molecule has 88 valence electrons. The van der Waals surface area contributed by atoms with Crippen molar-refractivity contribution in [2.75, 3.05) is 6.61 Å². The van der Waals surface area contributed by atoms with E-state index in [1.807, 2.05) is 25.1 Å². The first-order valence-electron chi connectivity index (χ1n) is 5.07. The molecule has 1 amide bonds. The molecule has 2 N–H and O–H groups in total. The minimum absolute atomic E-state index is 0.283. The Morgan fingerprint density at radius 2 is 2.35 bits per heavy atom. The second-order valence-electron chi connectivity index (χ2n) is 3.17. The molecule has 0 bridgehead atoms. The summed E-state index contributed by atoms with van der Waals surface area (Å²) < 4.78 is 5.27. The topological polar surface area (TPSA) is 78.1 Å². The standard InChI is InChI=1S/C11H11N3O2S/c1-2-16-10-8(9(12)15)17-11(14-10)7-5-3-4-6-13-7/h3-6H,2H2,1H3,(H2,12,15). The Balaban J connectivity index is 2.44. The molecule has 0 aromatic carbocycles. The largest absolute Gasteiger partial charge is 0.477 e. The van der Waals surface area contributed by atoms with Gasteiger partial charge in [-0.15, -0.1) is 11.3 Å². The number of aromatic nitrogens is 2. The first kappa shape index (κ1) is 11.5. The van der Waals surface area contributed by atoms with Gasteiger partial charge in [-0.1, -0.05) is 6.07 Å². The molecule has 0 saturated carbocycles. The van der Waals surface area contributed by atoms with Crippen molar-refractivity contribution in [3.63, 3.8) is 0 Å². The normalized spacial score (nSPS) is 10.2. The number of hydrogen-bond donors (Lipinski definition) is 1. The summed E-state index contributed by atoms with van der Waals surface area (Å²) in [6.45, 7) is 2.26. The zero-order valence-corrected chi connectivity index (χ0v) is 10.0. The highest BCUT2D eigenvalue weighted by molar-refractivity contribution is 7.17. The predicted molar refractivity (Wildman–Crippen MR) is 65.0 cm³/mol. The van der Waals surface area contributed by atoms with Crippen LogP contribution >= 0.6 is 11.3 Å². The zero-order valence-electron chi connectivity index (χ0n) is 9.21. The Morgan fingerprint density at radius 3 is 2.94 bits per heavy atom. The van der Waals surface area contributed by atoms with E-state index in [1.54, 1.807) is 6.20 Å². The van der Waals surface area contributed by atoms with E-state index in [4.69, 9.17) is 10.5 Å². The van der Waals surface area contributed by atoms with Gasteiger partial charge in [-0.05, 0) is 19.1 Å². The Kier molecular flexibility index (Phi) is 3.34. The number of hydrogen-bond acceptors (Lipinski definition) is 5. The van der Waals surface area contributed by atoms with Crippen LogP contribution in [0, 0.1) is 0 Å². The lowest BCUT2D eigenvalue weighted by Gasteiger charge is -1.98. The molecule has 6 heteroatoms. The molecule has 0 atom stereocenters. The lowest BCUT2D eigenvalue weighted by atomic mass is 10.4. The Labute approximate surface area is 102 Å². The second kappa shape index (κ2) is 4.92. The molecule has 2 rings (SSSR count). The summed E-state index contributed by atoms with van der Waals surface area (Å²) >= 11 is 1.19. The lowest BCUT2D eigenvalue weighted by Crippen LogP contribution is -2.10. The molecule has 2 aromatic rings. The maximum Gasteiger partial charge on any atom is 0.264 e. The fourth-order valence-electron chi connectivity index (χ4n) is 1.30. The van der Waals surface area contributed by atoms with Crippen LogP contribution in [-0.2, 0) is 0 Å². The smallest absolute Gasteiger partial charge is 0.264 e. The quantitative estimate of drug-likeness (QED) is 0.894. The van der Waals surface area contributed by atoms with E-state index in [0.717, 1.165) is 0 Å². The summed E-state index contributed by atoms with van der Waals surface area (Å²) in [6, 6.07) is 5.49. The van der Waals surface area contributed by atoms with E-state index in [9.17, 15) is 4.79 Å². The summed E-state index contributed by atoms with van der Waals surface area (Å²) in [4.78, 5) is 19.9. The number of pyridine rings is 1. The number of thiazole rings is 1. The minimum atomic E-state index is -0.534. The van der Waals surface area contributed by atoms with Crippen molar-refractivity contribution in [1.82, 2.24) is 9.97 Å². The van der Waals surface area contributed by atoms with Crippen LogP contribution in [0.25, 0.3) is 10.7 Å². The van der Waals surface area contributed by atoms with Crippen molar-refractivity contribution < 1.29 is 9.53 Å². The maximum atomic E-state index is 11.2. The van der Waals surface area contributed by atoms with Gasteiger partial charge >= 0.3 is 0 Å². The van der Waals surface area contributed by atoms with E-state index in [1.165, 1.54) is 11.3 Å². The maximum absolute atomic E-state index is 11.2. The molecule has 0 aliphatic carbocycles. The van der Waals surface area contributed by atoms with Crippen molar-refractivity contribution in [2.24, 2.45) is 5.73 Å². The van der Waals surface area contributed by atoms with Crippen LogP contribution in [0.1, 0.15) is 16.6 Å². The van der Waals surface area contributed by atoms with E-state index in [2.05, 4.69) is 9.97 Å². The number of nitrogens with two attached hydrogens (primary N) is 1. The first-order chi connectivity index (χ1) is 8.22. The van der Waals surface area contributed by atoms with Gasteiger partial charge in [0.1, 0.15) is 5.01 Å². The molecule has 0 spiro atoms. The molecule has 0 unspecified atom stereocenters. The van der Waals surface area contributed by atoms with Crippen LogP contribution in [0.4, 0.5) is 0 Å². The number of carbonyl (C=O) groups excluding carboxylic acids is 1. The second-order valence-corrected chi connectivity index (χ2v) is 4.16. The van der Waals surface area contributed by atoms with Crippen LogP contribution < -0.4 is 10.5 Å². The number of ether oxygens (including phenoxy) is 1. The van der Waals surface area contributed by atoms with Crippen LogP contribution in [-0.4, -0.2) is 22.5 Å².